The fraction of sp³-hybridized carbons (Fsp3) is 0.725. The van der Waals surface area contributed by atoms with Gasteiger partial charge in [0.05, 0.1) is 6.61 Å². The van der Waals surface area contributed by atoms with E-state index in [-0.39, 0.29) is 25.2 Å². The first-order chi connectivity index (χ1) is 24.0. The minimum Gasteiger partial charge on any atom is -0.462 e. The molecule has 0 saturated heterocycles. The summed E-state index contributed by atoms with van der Waals surface area (Å²) in [5, 5.41) is 0. The number of carbonyl (C=O) groups excluding carboxylic acids is 3. The van der Waals surface area contributed by atoms with Gasteiger partial charge in [-0.05, 0) is 50.5 Å². The van der Waals surface area contributed by atoms with Crippen molar-refractivity contribution in [3.05, 3.63) is 48.6 Å². The number of rotatable bonds is 34. The van der Waals surface area contributed by atoms with Gasteiger partial charge in [-0.1, -0.05) is 147 Å². The number of esters is 2. The van der Waals surface area contributed by atoms with Crippen LogP contribution in [0.5, 0.6) is 0 Å². The summed E-state index contributed by atoms with van der Waals surface area (Å²) in [7, 11) is -4.78. The molecule has 2 N–H and O–H groups in total. The predicted molar refractivity (Wildman–Crippen MR) is 202 cm³/mol. The van der Waals surface area contributed by atoms with E-state index >= 15 is 0 Å². The minimum atomic E-state index is -4.78. The molecule has 50 heavy (non-hydrogen) atoms. The Morgan fingerprint density at radius 3 is 1.82 bits per heavy atom. The third-order valence-corrected chi connectivity index (χ3v) is 8.49. The van der Waals surface area contributed by atoms with Gasteiger partial charge in [0.15, 0.2) is 11.9 Å². The molecular formula is C40H69O9P. The van der Waals surface area contributed by atoms with Gasteiger partial charge >= 0.3 is 19.8 Å². The molecule has 0 aromatic carbocycles. The van der Waals surface area contributed by atoms with Crippen molar-refractivity contribution in [1.29, 1.82) is 0 Å². The van der Waals surface area contributed by atoms with Gasteiger partial charge in [-0.2, -0.15) is 0 Å². The van der Waals surface area contributed by atoms with Crippen molar-refractivity contribution in [3.8, 4) is 0 Å². The molecule has 0 bridgehead atoms. The van der Waals surface area contributed by atoms with Gasteiger partial charge in [0.1, 0.15) is 6.61 Å². The van der Waals surface area contributed by atoms with Crippen LogP contribution in [0, 0.1) is 5.92 Å². The Morgan fingerprint density at radius 1 is 0.640 bits per heavy atom. The number of unbranched alkanes of at least 4 members (excludes halogenated alkanes) is 13. The van der Waals surface area contributed by atoms with Crippen LogP contribution in [0.2, 0.25) is 0 Å². The largest absolute Gasteiger partial charge is 0.469 e. The Morgan fingerprint density at radius 2 is 1.20 bits per heavy atom. The molecule has 0 amide bonds. The molecule has 0 spiro atoms. The van der Waals surface area contributed by atoms with Gasteiger partial charge in [-0.25, -0.2) is 4.57 Å². The van der Waals surface area contributed by atoms with Gasteiger partial charge in [0.2, 0.25) is 0 Å². The van der Waals surface area contributed by atoms with Gasteiger partial charge in [-0.3, -0.25) is 18.9 Å². The van der Waals surface area contributed by atoms with Gasteiger partial charge in [0, 0.05) is 19.3 Å². The monoisotopic (exact) mass is 724 g/mol. The second kappa shape index (κ2) is 33.8. The van der Waals surface area contributed by atoms with E-state index in [2.05, 4.69) is 25.3 Å². The maximum Gasteiger partial charge on any atom is 0.469 e. The number of ketones is 1. The minimum absolute atomic E-state index is 0.109. The predicted octanol–water partition coefficient (Wildman–Crippen LogP) is 10.6. The molecule has 0 aromatic rings. The SMILES string of the molecule is CCCCCC(=O)/C=C/C=C\C/C=C\C/C=C\CCCC(=O)O[C@H](COC(=O)CCCCCCCCCCCCCC(C)C)COP(=O)(O)O. The van der Waals surface area contributed by atoms with Gasteiger partial charge in [-0.15, -0.1) is 0 Å². The van der Waals surface area contributed by atoms with E-state index in [4.69, 9.17) is 19.3 Å². The van der Waals surface area contributed by atoms with Crippen LogP contribution in [-0.2, 0) is 32.9 Å². The van der Waals surface area contributed by atoms with E-state index in [1.807, 2.05) is 36.5 Å². The lowest BCUT2D eigenvalue weighted by Crippen LogP contribution is -2.29. The number of ether oxygens (including phenoxy) is 2. The molecule has 288 valence electrons. The first-order valence-corrected chi connectivity index (χ1v) is 20.8. The van der Waals surface area contributed by atoms with Crippen LogP contribution in [-0.4, -0.2) is 46.8 Å². The number of phosphoric acid groups is 1. The third-order valence-electron chi connectivity index (χ3n) is 8.00. The number of allylic oxidation sites excluding steroid dienone is 8. The van der Waals surface area contributed by atoms with Gasteiger partial charge in [0.25, 0.3) is 0 Å². The fourth-order valence-electron chi connectivity index (χ4n) is 5.09. The lowest BCUT2D eigenvalue weighted by molar-refractivity contribution is -0.161. The molecule has 0 aromatic heterocycles. The maximum atomic E-state index is 12.3. The van der Waals surface area contributed by atoms with Crippen molar-refractivity contribution in [2.24, 2.45) is 5.92 Å². The molecule has 1 atom stereocenters. The second-order valence-electron chi connectivity index (χ2n) is 13.4. The molecular weight excluding hydrogens is 655 g/mol. The quantitative estimate of drug-likeness (QED) is 0.0166. The molecule has 0 aliphatic carbocycles. The maximum absolute atomic E-state index is 12.3. The number of phosphoric ester groups is 1. The smallest absolute Gasteiger partial charge is 0.462 e. The van der Waals surface area contributed by atoms with Gasteiger partial charge < -0.3 is 19.3 Å². The fourth-order valence-corrected chi connectivity index (χ4v) is 5.45. The average molecular weight is 725 g/mol. The zero-order chi connectivity index (χ0) is 37.1. The normalized spacial score (nSPS) is 13.0. The zero-order valence-corrected chi connectivity index (χ0v) is 32.3. The van der Waals surface area contributed by atoms with E-state index in [1.54, 1.807) is 12.2 Å². The highest BCUT2D eigenvalue weighted by Crippen LogP contribution is 2.36. The van der Waals surface area contributed by atoms with Crippen LogP contribution in [0.15, 0.2) is 48.6 Å². The summed E-state index contributed by atoms with van der Waals surface area (Å²) in [6.45, 7) is 5.78. The molecule has 0 aliphatic rings. The lowest BCUT2D eigenvalue weighted by atomic mass is 10.0. The standard InChI is InChI=1S/C40H69O9P/c1-4-5-24-30-37(41)31-26-21-17-13-9-7-11-15-19-23-28-33-40(43)49-38(35-48-50(44,45)46)34-47-39(42)32-27-22-18-14-10-6-8-12-16-20-25-29-36(2)3/h7,9,15,17,19,21,26,31,36,38H,4-6,8,10-14,16,18,20,22-25,27-30,32-35H2,1-3H3,(H2,44,45,46)/b9-7-,19-15-,21-17-,31-26+/t38-/m1/s1. The van der Waals surface area contributed by atoms with E-state index in [0.29, 0.717) is 25.7 Å². The number of hydrogen-bond acceptors (Lipinski definition) is 7. The van der Waals surface area contributed by atoms with E-state index < -0.39 is 32.5 Å². The summed E-state index contributed by atoms with van der Waals surface area (Å²) in [6, 6.07) is 0. The summed E-state index contributed by atoms with van der Waals surface area (Å²) in [5.74, 6) is -0.0208. The lowest BCUT2D eigenvalue weighted by Gasteiger charge is -2.18. The van der Waals surface area contributed by atoms with Crippen LogP contribution in [0.25, 0.3) is 0 Å². The summed E-state index contributed by atoms with van der Waals surface area (Å²) >= 11 is 0. The summed E-state index contributed by atoms with van der Waals surface area (Å²) in [4.78, 5) is 54.4. The molecule has 0 unspecified atom stereocenters. The highest BCUT2D eigenvalue weighted by atomic mass is 31.2. The number of hydrogen-bond donors (Lipinski definition) is 2. The first kappa shape index (κ1) is 47.7. The highest BCUT2D eigenvalue weighted by Gasteiger charge is 2.22. The third kappa shape index (κ3) is 36.9. The molecule has 0 radical (unpaired) electrons. The summed E-state index contributed by atoms with van der Waals surface area (Å²) in [6.07, 6.45) is 35.4. The first-order valence-electron chi connectivity index (χ1n) is 19.2. The van der Waals surface area contributed by atoms with E-state index in [1.165, 1.54) is 51.4 Å². The molecule has 0 heterocycles. The van der Waals surface area contributed by atoms with Crippen LogP contribution < -0.4 is 0 Å². The van der Waals surface area contributed by atoms with Crippen molar-refractivity contribution in [3.63, 3.8) is 0 Å². The molecule has 0 aliphatic heterocycles. The summed E-state index contributed by atoms with van der Waals surface area (Å²) < 4.78 is 26.2. The molecule has 10 heteroatoms. The average Bonchev–Trinajstić information content (AvgIpc) is 3.06. The Hall–Kier alpha value is -2.32. The Labute approximate surface area is 303 Å². The van der Waals surface area contributed by atoms with E-state index in [9.17, 15) is 18.9 Å². The topological polar surface area (TPSA) is 136 Å². The van der Waals surface area contributed by atoms with E-state index in [0.717, 1.165) is 57.3 Å². The zero-order valence-electron chi connectivity index (χ0n) is 31.4. The Bertz CT molecular complexity index is 1030. The van der Waals surface area contributed by atoms with Crippen molar-refractivity contribution in [2.45, 2.75) is 168 Å². The van der Waals surface area contributed by atoms with Crippen LogP contribution in [0.4, 0.5) is 0 Å². The van der Waals surface area contributed by atoms with Crippen LogP contribution >= 0.6 is 7.82 Å². The highest BCUT2D eigenvalue weighted by molar-refractivity contribution is 7.46. The molecule has 0 fully saturated rings. The summed E-state index contributed by atoms with van der Waals surface area (Å²) in [5.41, 5.74) is 0. The van der Waals surface area contributed by atoms with Crippen molar-refractivity contribution in [2.75, 3.05) is 13.2 Å². The van der Waals surface area contributed by atoms with Crippen molar-refractivity contribution >= 4 is 25.5 Å². The number of carbonyl (C=O) groups is 3. The second-order valence-corrected chi connectivity index (χ2v) is 14.7. The Balaban J connectivity index is 4.12. The Kier molecular flexibility index (Phi) is 32.2. The van der Waals surface area contributed by atoms with Crippen LogP contribution in [0.1, 0.15) is 162 Å². The van der Waals surface area contributed by atoms with Crippen molar-refractivity contribution in [1.82, 2.24) is 0 Å². The molecule has 0 rings (SSSR count). The molecule has 0 saturated carbocycles. The van der Waals surface area contributed by atoms with Crippen molar-refractivity contribution < 1.29 is 42.7 Å². The molecule has 9 nitrogen and oxygen atoms in total. The van der Waals surface area contributed by atoms with Crippen LogP contribution in [0.3, 0.4) is 0 Å².